The zero-order chi connectivity index (χ0) is 10.3. The van der Waals surface area contributed by atoms with Crippen LogP contribution in [-0.2, 0) is 0 Å². The van der Waals surface area contributed by atoms with Crippen LogP contribution in [0.2, 0.25) is 0 Å². The lowest BCUT2D eigenvalue weighted by Gasteiger charge is -2.29. The average Bonchev–Trinajstić information content (AvgIpc) is 2.27. The molecule has 0 nitrogen and oxygen atoms in total. The summed E-state index contributed by atoms with van der Waals surface area (Å²) in [5.41, 5.74) is 4.22. The van der Waals surface area contributed by atoms with Crippen LogP contribution < -0.4 is 0 Å². The van der Waals surface area contributed by atoms with E-state index in [4.69, 9.17) is 0 Å². The van der Waals surface area contributed by atoms with Gasteiger partial charge in [0.2, 0.25) is 0 Å². The van der Waals surface area contributed by atoms with Crippen LogP contribution in [-0.4, -0.2) is 0 Å². The molecule has 1 aliphatic carbocycles. The lowest BCUT2D eigenvalue weighted by molar-refractivity contribution is 0.445. The molecule has 1 rings (SSSR count). The molecular formula is C13H24. The van der Waals surface area contributed by atoms with E-state index in [2.05, 4.69) is 41.5 Å². The molecule has 0 unspecified atom stereocenters. The van der Waals surface area contributed by atoms with E-state index < -0.39 is 0 Å². The Kier molecular flexibility index (Phi) is 2.62. The number of rotatable bonds is 0. The fraction of sp³-hybridized carbons (Fsp3) is 0.846. The van der Waals surface area contributed by atoms with Crippen molar-refractivity contribution in [2.75, 3.05) is 0 Å². The Morgan fingerprint density at radius 1 is 0.692 bits per heavy atom. The highest BCUT2D eigenvalue weighted by atomic mass is 14.4. The zero-order valence-electron chi connectivity index (χ0n) is 10.1. The van der Waals surface area contributed by atoms with Gasteiger partial charge in [0.25, 0.3) is 0 Å². The van der Waals surface area contributed by atoms with Gasteiger partial charge in [-0.05, 0) is 30.1 Å². The first-order valence-corrected chi connectivity index (χ1v) is 5.46. The first-order valence-electron chi connectivity index (χ1n) is 5.46. The fourth-order valence-electron chi connectivity index (χ4n) is 2.40. The third kappa shape index (κ3) is 2.36. The molecule has 0 fully saturated rings. The van der Waals surface area contributed by atoms with Crippen LogP contribution in [0.3, 0.4) is 0 Å². The van der Waals surface area contributed by atoms with Gasteiger partial charge in [-0.1, -0.05) is 52.7 Å². The third-order valence-corrected chi connectivity index (χ3v) is 3.03. The van der Waals surface area contributed by atoms with Crippen LogP contribution in [0.15, 0.2) is 11.1 Å². The summed E-state index contributed by atoms with van der Waals surface area (Å²) in [5, 5.41) is 0. The molecule has 0 spiro atoms. The Balaban J connectivity index is 3.04. The summed E-state index contributed by atoms with van der Waals surface area (Å²) in [6, 6.07) is 0. The monoisotopic (exact) mass is 180 g/mol. The van der Waals surface area contributed by atoms with Crippen LogP contribution in [0.1, 0.15) is 60.8 Å². The third-order valence-electron chi connectivity index (χ3n) is 3.03. The second-order valence-electron chi connectivity index (χ2n) is 6.31. The van der Waals surface area contributed by atoms with Crippen molar-refractivity contribution in [3.63, 3.8) is 0 Å². The van der Waals surface area contributed by atoms with E-state index >= 15 is 0 Å². The van der Waals surface area contributed by atoms with E-state index in [-0.39, 0.29) is 0 Å². The number of allylic oxidation sites excluding steroid dienone is 2. The molecule has 0 radical (unpaired) electrons. The van der Waals surface area contributed by atoms with Crippen LogP contribution >= 0.6 is 0 Å². The zero-order valence-corrected chi connectivity index (χ0v) is 10.1. The van der Waals surface area contributed by atoms with Crippen molar-refractivity contribution in [1.29, 1.82) is 0 Å². The highest BCUT2D eigenvalue weighted by Gasteiger charge is 2.30. The molecule has 0 aromatic heterocycles. The van der Waals surface area contributed by atoms with Crippen molar-refractivity contribution in [2.24, 2.45) is 10.8 Å². The van der Waals surface area contributed by atoms with Gasteiger partial charge in [0, 0.05) is 0 Å². The Hall–Kier alpha value is -0.260. The van der Waals surface area contributed by atoms with Gasteiger partial charge < -0.3 is 0 Å². The SMILES string of the molecule is CC(C)(C)C1=C(C(C)(C)C)CCC1. The standard InChI is InChI=1S/C13H24/c1-12(2,3)10-8-7-9-11(10)13(4,5)6/h7-9H2,1-6H3. The van der Waals surface area contributed by atoms with Crippen LogP contribution in [0.5, 0.6) is 0 Å². The van der Waals surface area contributed by atoms with Crippen molar-refractivity contribution in [1.82, 2.24) is 0 Å². The molecule has 0 heterocycles. The largest absolute Gasteiger partial charge is 0.0651 e. The molecule has 0 aromatic carbocycles. The van der Waals surface area contributed by atoms with E-state index in [0.29, 0.717) is 10.8 Å². The van der Waals surface area contributed by atoms with Crippen LogP contribution in [0.25, 0.3) is 0 Å². The van der Waals surface area contributed by atoms with E-state index in [9.17, 15) is 0 Å². The van der Waals surface area contributed by atoms with Crippen LogP contribution in [0, 0.1) is 10.8 Å². The van der Waals surface area contributed by atoms with Gasteiger partial charge in [0.15, 0.2) is 0 Å². The first kappa shape index (κ1) is 10.8. The minimum atomic E-state index is 0.388. The molecule has 0 atom stereocenters. The summed E-state index contributed by atoms with van der Waals surface area (Å²) in [7, 11) is 0. The smallest absolute Gasteiger partial charge is 0.0170 e. The summed E-state index contributed by atoms with van der Waals surface area (Å²) in [4.78, 5) is 0. The Labute approximate surface area is 83.4 Å². The van der Waals surface area contributed by atoms with Gasteiger partial charge in [0.1, 0.15) is 0 Å². The van der Waals surface area contributed by atoms with Crippen molar-refractivity contribution in [3.05, 3.63) is 11.1 Å². The molecule has 0 N–H and O–H groups in total. The molecule has 0 bridgehead atoms. The summed E-state index contributed by atoms with van der Waals surface area (Å²) in [6.45, 7) is 14.1. The lowest BCUT2D eigenvalue weighted by atomic mass is 9.76. The summed E-state index contributed by atoms with van der Waals surface area (Å²) >= 11 is 0. The Morgan fingerprint density at radius 2 is 1.00 bits per heavy atom. The predicted molar refractivity (Wildman–Crippen MR) is 59.8 cm³/mol. The molecule has 76 valence electrons. The molecule has 0 amide bonds. The minimum absolute atomic E-state index is 0.388. The fourth-order valence-corrected chi connectivity index (χ4v) is 2.40. The van der Waals surface area contributed by atoms with Crippen LogP contribution in [0.4, 0.5) is 0 Å². The van der Waals surface area contributed by atoms with Gasteiger partial charge in [-0.2, -0.15) is 0 Å². The van der Waals surface area contributed by atoms with Crippen molar-refractivity contribution >= 4 is 0 Å². The minimum Gasteiger partial charge on any atom is -0.0651 e. The van der Waals surface area contributed by atoms with Gasteiger partial charge in [-0.25, -0.2) is 0 Å². The molecule has 0 aliphatic heterocycles. The molecule has 0 saturated heterocycles. The number of hydrogen-bond acceptors (Lipinski definition) is 0. The summed E-state index contributed by atoms with van der Waals surface area (Å²) in [6.07, 6.45) is 4.03. The Bertz CT molecular complexity index is 193. The maximum atomic E-state index is 2.35. The van der Waals surface area contributed by atoms with Gasteiger partial charge in [-0.15, -0.1) is 0 Å². The maximum Gasteiger partial charge on any atom is -0.0170 e. The second-order valence-corrected chi connectivity index (χ2v) is 6.31. The van der Waals surface area contributed by atoms with Gasteiger partial charge in [-0.3, -0.25) is 0 Å². The van der Waals surface area contributed by atoms with Gasteiger partial charge >= 0.3 is 0 Å². The van der Waals surface area contributed by atoms with Crippen molar-refractivity contribution in [3.8, 4) is 0 Å². The van der Waals surface area contributed by atoms with E-state index in [1.54, 1.807) is 11.1 Å². The molecule has 13 heavy (non-hydrogen) atoms. The number of hydrogen-bond donors (Lipinski definition) is 0. The molecular weight excluding hydrogens is 156 g/mol. The lowest BCUT2D eigenvalue weighted by Crippen LogP contribution is -2.16. The van der Waals surface area contributed by atoms with Crippen molar-refractivity contribution in [2.45, 2.75) is 60.8 Å². The normalized spacial score (nSPS) is 19.8. The maximum absolute atomic E-state index is 2.35. The topological polar surface area (TPSA) is 0 Å². The highest BCUT2D eigenvalue weighted by molar-refractivity contribution is 5.28. The van der Waals surface area contributed by atoms with Gasteiger partial charge in [0.05, 0.1) is 0 Å². The average molecular weight is 180 g/mol. The predicted octanol–water partition coefficient (Wildman–Crippen LogP) is 4.56. The summed E-state index contributed by atoms with van der Waals surface area (Å²) < 4.78 is 0. The molecule has 0 aromatic rings. The molecule has 0 saturated carbocycles. The molecule has 0 heteroatoms. The Morgan fingerprint density at radius 3 is 1.23 bits per heavy atom. The van der Waals surface area contributed by atoms with Crippen molar-refractivity contribution < 1.29 is 0 Å². The quantitative estimate of drug-likeness (QED) is 0.479. The highest BCUT2D eigenvalue weighted by Crippen LogP contribution is 2.45. The van der Waals surface area contributed by atoms with E-state index in [0.717, 1.165) is 0 Å². The molecule has 1 aliphatic rings. The first-order chi connectivity index (χ1) is 5.73. The summed E-state index contributed by atoms with van der Waals surface area (Å²) in [5.74, 6) is 0. The van der Waals surface area contributed by atoms with E-state index in [1.165, 1.54) is 19.3 Å². The van der Waals surface area contributed by atoms with E-state index in [1.807, 2.05) is 0 Å². The second kappa shape index (κ2) is 3.15.